The maximum Gasteiger partial charge on any atom is 0.259 e. The first-order valence-electron chi connectivity index (χ1n) is 6.86. The Balaban J connectivity index is 1.77. The van der Waals surface area contributed by atoms with E-state index in [-0.39, 0.29) is 11.4 Å². The van der Waals surface area contributed by atoms with Gasteiger partial charge in [-0.15, -0.1) is 23.1 Å². The minimum absolute atomic E-state index is 0.0895. The summed E-state index contributed by atoms with van der Waals surface area (Å²) < 4.78 is 13.5. The summed E-state index contributed by atoms with van der Waals surface area (Å²) in [5, 5.41) is 0.686. The highest BCUT2D eigenvalue weighted by Crippen LogP contribution is 2.26. The number of nitrogens with one attached hydrogen (secondary N) is 1. The lowest BCUT2D eigenvalue weighted by Crippen LogP contribution is -2.10. The second kappa shape index (κ2) is 6.22. The number of thiophene rings is 1. The molecule has 0 spiro atoms. The molecule has 0 saturated carbocycles. The lowest BCUT2D eigenvalue weighted by atomic mass is 10.2. The quantitative estimate of drug-likeness (QED) is 0.779. The molecule has 114 valence electrons. The van der Waals surface area contributed by atoms with Gasteiger partial charge >= 0.3 is 0 Å². The molecule has 6 heteroatoms. The number of H-pyrrole nitrogens is 1. The maximum absolute atomic E-state index is 13.5. The van der Waals surface area contributed by atoms with E-state index in [1.165, 1.54) is 29.2 Å². The third kappa shape index (κ3) is 2.94. The zero-order valence-corrected chi connectivity index (χ0v) is 13.9. The molecule has 0 bridgehead atoms. The minimum atomic E-state index is -0.198. The highest BCUT2D eigenvalue weighted by Gasteiger charge is 2.12. The predicted octanol–water partition coefficient (Wildman–Crippen LogP) is 4.17. The fourth-order valence-corrected chi connectivity index (χ4v) is 4.18. The molecule has 0 radical (unpaired) electrons. The summed E-state index contributed by atoms with van der Waals surface area (Å²) in [7, 11) is 0. The summed E-state index contributed by atoms with van der Waals surface area (Å²) in [6.45, 7) is 3.94. The summed E-state index contributed by atoms with van der Waals surface area (Å²) in [5.74, 6) is 1.54. The number of halogens is 1. The van der Waals surface area contributed by atoms with Gasteiger partial charge in [-0.05, 0) is 31.0 Å². The van der Waals surface area contributed by atoms with Gasteiger partial charge in [0.1, 0.15) is 16.5 Å². The number of hydrogen-bond acceptors (Lipinski definition) is 4. The summed E-state index contributed by atoms with van der Waals surface area (Å²) in [4.78, 5) is 21.4. The molecule has 1 aromatic carbocycles. The highest BCUT2D eigenvalue weighted by atomic mass is 32.2. The summed E-state index contributed by atoms with van der Waals surface area (Å²) in [5.41, 5.74) is 1.58. The molecule has 2 aromatic heterocycles. The number of aryl methyl sites for hydroxylation is 2. The molecule has 0 amide bonds. The topological polar surface area (TPSA) is 45.8 Å². The number of fused-ring (bicyclic) bond motifs is 1. The number of nitrogens with zero attached hydrogens (tertiary/aromatic N) is 1. The Hall–Kier alpha value is -1.66. The molecule has 0 atom stereocenters. The fraction of sp³-hybridized carbons (Fsp3) is 0.250. The zero-order chi connectivity index (χ0) is 15.7. The molecule has 0 aliphatic carbocycles. The van der Waals surface area contributed by atoms with E-state index >= 15 is 0 Å². The second-order valence-electron chi connectivity index (χ2n) is 5.06. The number of hydrogen-bond donors (Lipinski definition) is 1. The molecule has 2 heterocycles. The van der Waals surface area contributed by atoms with E-state index in [1.807, 2.05) is 19.9 Å². The van der Waals surface area contributed by atoms with Crippen LogP contribution in [0.25, 0.3) is 10.2 Å². The van der Waals surface area contributed by atoms with Crippen LogP contribution < -0.4 is 5.56 Å². The van der Waals surface area contributed by atoms with Crippen molar-refractivity contribution < 1.29 is 4.39 Å². The SMILES string of the molecule is Cc1sc2nc(CSCc3ccccc3F)[nH]c(=O)c2c1C. The van der Waals surface area contributed by atoms with Crippen LogP contribution in [0, 0.1) is 19.7 Å². The second-order valence-corrected chi connectivity index (χ2v) is 7.25. The number of benzene rings is 1. The number of aromatic amines is 1. The van der Waals surface area contributed by atoms with Crippen molar-refractivity contribution in [3.8, 4) is 0 Å². The molecule has 0 aliphatic rings. The van der Waals surface area contributed by atoms with Gasteiger partial charge in [-0.1, -0.05) is 18.2 Å². The lowest BCUT2D eigenvalue weighted by Gasteiger charge is -2.03. The van der Waals surface area contributed by atoms with Crippen molar-refractivity contribution in [2.75, 3.05) is 0 Å². The molecule has 0 saturated heterocycles. The van der Waals surface area contributed by atoms with Crippen LogP contribution in [0.1, 0.15) is 21.8 Å². The van der Waals surface area contributed by atoms with Crippen LogP contribution in [0.5, 0.6) is 0 Å². The first-order chi connectivity index (χ1) is 10.6. The van der Waals surface area contributed by atoms with Crippen LogP contribution in [-0.4, -0.2) is 9.97 Å². The van der Waals surface area contributed by atoms with E-state index in [2.05, 4.69) is 9.97 Å². The minimum Gasteiger partial charge on any atom is -0.309 e. The van der Waals surface area contributed by atoms with Crippen molar-refractivity contribution in [3.05, 3.63) is 62.3 Å². The molecule has 3 aromatic rings. The van der Waals surface area contributed by atoms with Gasteiger partial charge in [-0.25, -0.2) is 9.37 Å². The molecular formula is C16H15FN2OS2. The van der Waals surface area contributed by atoms with E-state index in [9.17, 15) is 9.18 Å². The Bertz CT molecular complexity index is 885. The average Bonchev–Trinajstić information content (AvgIpc) is 2.76. The van der Waals surface area contributed by atoms with E-state index in [4.69, 9.17) is 0 Å². The van der Waals surface area contributed by atoms with Gasteiger partial charge < -0.3 is 4.98 Å². The van der Waals surface area contributed by atoms with E-state index in [1.54, 1.807) is 12.1 Å². The van der Waals surface area contributed by atoms with Gasteiger partial charge in [0.2, 0.25) is 0 Å². The lowest BCUT2D eigenvalue weighted by molar-refractivity contribution is 0.617. The first-order valence-corrected chi connectivity index (χ1v) is 8.83. The Kier molecular flexibility index (Phi) is 4.31. The largest absolute Gasteiger partial charge is 0.309 e. The first kappa shape index (κ1) is 15.2. The van der Waals surface area contributed by atoms with Crippen LogP contribution >= 0.6 is 23.1 Å². The van der Waals surface area contributed by atoms with E-state index in [0.717, 1.165) is 15.3 Å². The van der Waals surface area contributed by atoms with Crippen molar-refractivity contribution in [1.82, 2.24) is 9.97 Å². The molecule has 22 heavy (non-hydrogen) atoms. The van der Waals surface area contributed by atoms with Crippen molar-refractivity contribution in [1.29, 1.82) is 0 Å². The van der Waals surface area contributed by atoms with Gasteiger partial charge in [0.25, 0.3) is 5.56 Å². The normalized spacial score (nSPS) is 11.2. The molecular weight excluding hydrogens is 319 g/mol. The van der Waals surface area contributed by atoms with Crippen molar-refractivity contribution in [3.63, 3.8) is 0 Å². The van der Waals surface area contributed by atoms with Crippen molar-refractivity contribution in [2.24, 2.45) is 0 Å². The average molecular weight is 334 g/mol. The smallest absolute Gasteiger partial charge is 0.259 e. The molecule has 3 rings (SSSR count). The van der Waals surface area contributed by atoms with Crippen LogP contribution in [-0.2, 0) is 11.5 Å². The van der Waals surface area contributed by atoms with Gasteiger partial charge in [0.15, 0.2) is 0 Å². The summed E-state index contributed by atoms with van der Waals surface area (Å²) in [6.07, 6.45) is 0. The Labute approximate surface area is 135 Å². The molecule has 0 fully saturated rings. The fourth-order valence-electron chi connectivity index (χ4n) is 2.24. The van der Waals surface area contributed by atoms with Crippen molar-refractivity contribution >= 4 is 33.3 Å². The summed E-state index contributed by atoms with van der Waals surface area (Å²) >= 11 is 3.07. The molecule has 1 N–H and O–H groups in total. The number of aromatic nitrogens is 2. The van der Waals surface area contributed by atoms with Crippen LogP contribution in [0.4, 0.5) is 4.39 Å². The standard InChI is InChI=1S/C16H15FN2OS2/c1-9-10(2)22-16-14(9)15(20)18-13(19-16)8-21-7-11-5-3-4-6-12(11)17/h3-6H,7-8H2,1-2H3,(H,18,19,20). The summed E-state index contributed by atoms with van der Waals surface area (Å²) in [6, 6.07) is 6.73. The van der Waals surface area contributed by atoms with Gasteiger partial charge in [0.05, 0.1) is 11.1 Å². The molecule has 0 aliphatic heterocycles. The Morgan fingerprint density at radius 3 is 2.82 bits per heavy atom. The monoisotopic (exact) mass is 334 g/mol. The Morgan fingerprint density at radius 1 is 1.27 bits per heavy atom. The van der Waals surface area contributed by atoms with E-state index in [0.29, 0.717) is 28.3 Å². The molecule has 3 nitrogen and oxygen atoms in total. The van der Waals surface area contributed by atoms with E-state index < -0.39 is 0 Å². The van der Waals surface area contributed by atoms with Gasteiger partial charge in [-0.2, -0.15) is 0 Å². The third-order valence-electron chi connectivity index (χ3n) is 3.54. The molecule has 0 unspecified atom stereocenters. The number of thioether (sulfide) groups is 1. The van der Waals surface area contributed by atoms with Gasteiger partial charge in [0, 0.05) is 10.6 Å². The third-order valence-corrected chi connectivity index (χ3v) is 5.64. The van der Waals surface area contributed by atoms with Gasteiger partial charge in [-0.3, -0.25) is 4.79 Å². The van der Waals surface area contributed by atoms with Crippen LogP contribution in [0.3, 0.4) is 0 Å². The zero-order valence-electron chi connectivity index (χ0n) is 12.3. The Morgan fingerprint density at radius 2 is 2.05 bits per heavy atom. The predicted molar refractivity (Wildman–Crippen MR) is 91.1 cm³/mol. The number of rotatable bonds is 4. The maximum atomic E-state index is 13.5. The highest BCUT2D eigenvalue weighted by molar-refractivity contribution is 7.97. The van der Waals surface area contributed by atoms with Crippen LogP contribution in [0.2, 0.25) is 0 Å². The van der Waals surface area contributed by atoms with Crippen LogP contribution in [0.15, 0.2) is 29.1 Å². The van der Waals surface area contributed by atoms with Crippen molar-refractivity contribution in [2.45, 2.75) is 25.4 Å².